The molecule has 0 saturated carbocycles. The number of fused-ring (bicyclic) bond motifs is 2. The van der Waals surface area contributed by atoms with Gasteiger partial charge < -0.3 is 14.8 Å². The van der Waals surface area contributed by atoms with E-state index in [-0.39, 0.29) is 12.4 Å². The number of hydrogen-bond donors (Lipinski definition) is 2. The Morgan fingerprint density at radius 1 is 1.08 bits per heavy atom. The molecule has 0 fully saturated rings. The number of carboxylic acids is 1. The van der Waals surface area contributed by atoms with Gasteiger partial charge in [0.2, 0.25) is 0 Å². The number of esters is 1. The lowest BCUT2D eigenvalue weighted by Gasteiger charge is -2.19. The summed E-state index contributed by atoms with van der Waals surface area (Å²) in [5.41, 5.74) is 5.93. The monoisotopic (exact) mass is 333 g/mol. The highest BCUT2D eigenvalue weighted by atomic mass is 16.5. The first-order chi connectivity index (χ1) is 12.1. The number of H-pyrrole nitrogens is 1. The smallest absolute Gasteiger partial charge is 0.338 e. The maximum Gasteiger partial charge on any atom is 0.338 e. The van der Waals surface area contributed by atoms with Gasteiger partial charge in [-0.15, -0.1) is 0 Å². The van der Waals surface area contributed by atoms with Crippen molar-refractivity contribution in [1.82, 2.24) is 4.98 Å². The molecule has 0 spiro atoms. The van der Waals surface area contributed by atoms with Gasteiger partial charge in [-0.1, -0.05) is 30.4 Å². The maximum absolute atomic E-state index is 11.9. The molecule has 124 valence electrons. The zero-order chi connectivity index (χ0) is 17.6. The van der Waals surface area contributed by atoms with Gasteiger partial charge in [0, 0.05) is 17.1 Å². The third kappa shape index (κ3) is 2.32. The molecule has 1 heterocycles. The zero-order valence-corrected chi connectivity index (χ0v) is 13.5. The zero-order valence-electron chi connectivity index (χ0n) is 13.5. The summed E-state index contributed by atoms with van der Waals surface area (Å²) in [6.07, 6.45) is 5.54. The largest absolute Gasteiger partial charge is 0.481 e. The van der Waals surface area contributed by atoms with Gasteiger partial charge in [0.15, 0.2) is 0 Å². The second kappa shape index (κ2) is 5.63. The van der Waals surface area contributed by atoms with Gasteiger partial charge in [0.05, 0.1) is 19.1 Å². The summed E-state index contributed by atoms with van der Waals surface area (Å²) in [5.74, 6) is -1.23. The number of carbonyl (C=O) groups is 2. The first-order valence-electron chi connectivity index (χ1n) is 7.84. The van der Waals surface area contributed by atoms with Crippen LogP contribution < -0.4 is 0 Å². The molecule has 1 aliphatic carbocycles. The van der Waals surface area contributed by atoms with Gasteiger partial charge in [-0.05, 0) is 39.9 Å². The van der Waals surface area contributed by atoms with Crippen molar-refractivity contribution < 1.29 is 19.4 Å². The first-order valence-corrected chi connectivity index (χ1v) is 7.84. The normalized spacial score (nSPS) is 11.9. The number of aliphatic carboxylic acids is 1. The lowest BCUT2D eigenvalue weighted by molar-refractivity contribution is -0.136. The second-order valence-electron chi connectivity index (χ2n) is 5.93. The van der Waals surface area contributed by atoms with E-state index in [1.165, 1.54) is 7.11 Å². The summed E-state index contributed by atoms with van der Waals surface area (Å²) in [4.78, 5) is 26.2. The summed E-state index contributed by atoms with van der Waals surface area (Å²) in [7, 11) is 1.36. The first kappa shape index (κ1) is 15.2. The van der Waals surface area contributed by atoms with Crippen LogP contribution in [0.2, 0.25) is 0 Å². The Bertz CT molecular complexity index is 1060. The topological polar surface area (TPSA) is 79.4 Å². The minimum atomic E-state index is -0.871. The van der Waals surface area contributed by atoms with Gasteiger partial charge in [-0.25, -0.2) is 4.79 Å². The van der Waals surface area contributed by atoms with Gasteiger partial charge in [-0.2, -0.15) is 0 Å². The molecule has 1 aliphatic rings. The summed E-state index contributed by atoms with van der Waals surface area (Å²) in [6, 6.07) is 9.48. The minimum Gasteiger partial charge on any atom is -0.481 e. The number of ether oxygens (including phenoxy) is 1. The molecule has 25 heavy (non-hydrogen) atoms. The summed E-state index contributed by atoms with van der Waals surface area (Å²) in [6.45, 7) is 0. The summed E-state index contributed by atoms with van der Waals surface area (Å²) < 4.78 is 4.83. The molecule has 0 amide bonds. The van der Waals surface area contributed by atoms with E-state index in [1.807, 2.05) is 36.4 Å². The van der Waals surface area contributed by atoms with Crippen LogP contribution in [0.3, 0.4) is 0 Å². The number of aromatic nitrogens is 1. The van der Waals surface area contributed by atoms with E-state index in [0.29, 0.717) is 5.56 Å². The van der Waals surface area contributed by atoms with Gasteiger partial charge >= 0.3 is 11.9 Å². The van der Waals surface area contributed by atoms with E-state index in [4.69, 9.17) is 9.84 Å². The Hall–Kier alpha value is -3.34. The number of carbonyl (C=O) groups excluding carboxylic acids is 1. The van der Waals surface area contributed by atoms with E-state index in [9.17, 15) is 9.59 Å². The molecule has 5 nitrogen and oxygen atoms in total. The van der Waals surface area contributed by atoms with Crippen molar-refractivity contribution in [3.05, 3.63) is 58.8 Å². The molecule has 2 N–H and O–H groups in total. The molecule has 0 bridgehead atoms. The fourth-order valence-corrected chi connectivity index (χ4v) is 3.37. The number of methoxy groups -OCH3 is 1. The fraction of sp³-hybridized carbons (Fsp3) is 0.100. The molecule has 2 aromatic carbocycles. The highest BCUT2D eigenvalue weighted by molar-refractivity contribution is 6.08. The number of aromatic amines is 1. The molecule has 3 aromatic rings. The Morgan fingerprint density at radius 3 is 2.56 bits per heavy atom. The minimum absolute atomic E-state index is 0.0463. The second-order valence-corrected chi connectivity index (χ2v) is 5.93. The quantitative estimate of drug-likeness (QED) is 0.558. The summed E-state index contributed by atoms with van der Waals surface area (Å²) >= 11 is 0. The Balaban J connectivity index is 1.92. The molecular weight excluding hydrogens is 318 g/mol. The average Bonchev–Trinajstić information content (AvgIpc) is 2.97. The van der Waals surface area contributed by atoms with Crippen LogP contribution in [0.25, 0.3) is 34.2 Å². The lowest BCUT2D eigenvalue weighted by Crippen LogP contribution is -2.08. The molecule has 0 saturated heterocycles. The van der Waals surface area contributed by atoms with E-state index in [0.717, 1.165) is 38.7 Å². The Kier molecular flexibility index (Phi) is 3.42. The fourth-order valence-electron chi connectivity index (χ4n) is 3.37. The highest BCUT2D eigenvalue weighted by Gasteiger charge is 2.22. The van der Waals surface area contributed by atoms with Gasteiger partial charge in [0.25, 0.3) is 0 Å². The van der Waals surface area contributed by atoms with E-state index >= 15 is 0 Å². The lowest BCUT2D eigenvalue weighted by atomic mass is 9.84. The van der Waals surface area contributed by atoms with Crippen LogP contribution in [0.5, 0.6) is 0 Å². The number of carboxylic acid groups (broad SMARTS) is 1. The summed E-state index contributed by atoms with van der Waals surface area (Å²) in [5, 5.41) is 10.1. The predicted octanol–water partition coefficient (Wildman–Crippen LogP) is 3.73. The van der Waals surface area contributed by atoms with Crippen LogP contribution in [-0.2, 0) is 16.0 Å². The number of hydrogen-bond acceptors (Lipinski definition) is 3. The van der Waals surface area contributed by atoms with Gasteiger partial charge in [-0.3, -0.25) is 4.79 Å². The van der Waals surface area contributed by atoms with Crippen molar-refractivity contribution in [3.8, 4) is 11.1 Å². The van der Waals surface area contributed by atoms with Crippen LogP contribution >= 0.6 is 0 Å². The van der Waals surface area contributed by atoms with Crippen molar-refractivity contribution in [3.63, 3.8) is 0 Å². The van der Waals surface area contributed by atoms with Crippen LogP contribution in [0, 0.1) is 0 Å². The van der Waals surface area contributed by atoms with E-state index in [2.05, 4.69) is 4.98 Å². The molecule has 0 radical (unpaired) electrons. The van der Waals surface area contributed by atoms with E-state index < -0.39 is 5.97 Å². The average molecular weight is 333 g/mol. The standard InChI is InChI=1S/C20H15NO4/c1-25-20(24)16-8-7-13(12-5-6-14(12)16)15-3-2-4-17-19(15)11(10-21-17)9-18(22)23/h2-8,10,21H,9H2,1H3,(H,22,23). The van der Waals surface area contributed by atoms with Crippen LogP contribution in [0.1, 0.15) is 27.0 Å². The molecule has 1 aromatic heterocycles. The third-order valence-corrected chi connectivity index (χ3v) is 4.53. The Labute approximate surface area is 143 Å². The third-order valence-electron chi connectivity index (χ3n) is 4.53. The molecular formula is C20H15NO4. The molecule has 0 unspecified atom stereocenters. The van der Waals surface area contributed by atoms with Crippen LogP contribution in [-0.4, -0.2) is 29.1 Å². The number of benzene rings is 2. The van der Waals surface area contributed by atoms with Crippen molar-refractivity contribution in [2.45, 2.75) is 6.42 Å². The number of nitrogens with one attached hydrogen (secondary N) is 1. The number of rotatable bonds is 4. The maximum atomic E-state index is 11.9. The SMILES string of the molecule is COC(=O)c1ccc(-c2cccc3[nH]cc(CC(=O)O)c23)c2c1C=C2. The van der Waals surface area contributed by atoms with Crippen molar-refractivity contribution in [2.24, 2.45) is 0 Å². The van der Waals surface area contributed by atoms with E-state index in [1.54, 1.807) is 12.3 Å². The molecule has 5 heteroatoms. The Morgan fingerprint density at radius 2 is 1.88 bits per heavy atom. The van der Waals surface area contributed by atoms with Gasteiger partial charge in [0.1, 0.15) is 0 Å². The van der Waals surface area contributed by atoms with Crippen molar-refractivity contribution in [2.75, 3.05) is 7.11 Å². The molecule has 0 aliphatic heterocycles. The highest BCUT2D eigenvalue weighted by Crippen LogP contribution is 2.40. The molecule has 4 rings (SSSR count). The van der Waals surface area contributed by atoms with Crippen molar-refractivity contribution in [1.29, 1.82) is 0 Å². The predicted molar refractivity (Wildman–Crippen MR) is 95.3 cm³/mol. The van der Waals surface area contributed by atoms with Crippen LogP contribution in [0.15, 0.2) is 36.5 Å². The van der Waals surface area contributed by atoms with Crippen molar-refractivity contribution >= 4 is 35.0 Å². The van der Waals surface area contributed by atoms with Crippen LogP contribution in [0.4, 0.5) is 0 Å². The molecule has 0 atom stereocenters.